The summed E-state index contributed by atoms with van der Waals surface area (Å²) in [5.74, 6) is 1.78. The average Bonchev–Trinajstić information content (AvgIpc) is 2.48. The van der Waals surface area contributed by atoms with Crippen molar-refractivity contribution in [2.75, 3.05) is 12.8 Å². The first-order chi connectivity index (χ1) is 10.1. The second-order valence-corrected chi connectivity index (χ2v) is 4.17. The fraction of sp³-hybridized carbons (Fsp3) is 0.143. The molecule has 0 radical (unpaired) electrons. The van der Waals surface area contributed by atoms with E-state index in [2.05, 4.69) is 20.3 Å². The molecule has 0 aliphatic heterocycles. The third kappa shape index (κ3) is 3.53. The molecule has 0 aliphatic carbocycles. The maximum Gasteiger partial charge on any atom is 0.222 e. The van der Waals surface area contributed by atoms with Crippen LogP contribution in [0.25, 0.3) is 5.57 Å². The first-order valence-corrected chi connectivity index (χ1v) is 6.26. The number of pyridine rings is 1. The van der Waals surface area contributed by atoms with Crippen LogP contribution in [0.15, 0.2) is 30.6 Å². The molecule has 0 bridgehead atoms. The quantitative estimate of drug-likeness (QED) is 0.722. The van der Waals surface area contributed by atoms with E-state index in [0.717, 1.165) is 0 Å². The molecular weight excluding hydrogens is 268 g/mol. The SMILES string of the molecule is CN/C=C(\C=N)c1nccc(Oc2ccc(N)nc2C)n1. The number of aromatic nitrogens is 3. The highest BCUT2D eigenvalue weighted by Crippen LogP contribution is 2.23. The van der Waals surface area contributed by atoms with Gasteiger partial charge in [-0.25, -0.2) is 9.97 Å². The Morgan fingerprint density at radius 1 is 1.33 bits per heavy atom. The highest BCUT2D eigenvalue weighted by atomic mass is 16.5. The first-order valence-electron chi connectivity index (χ1n) is 6.26. The summed E-state index contributed by atoms with van der Waals surface area (Å²) >= 11 is 0. The van der Waals surface area contributed by atoms with Crippen molar-refractivity contribution in [3.05, 3.63) is 42.1 Å². The van der Waals surface area contributed by atoms with Crippen LogP contribution in [0.2, 0.25) is 0 Å². The maximum absolute atomic E-state index is 7.37. The van der Waals surface area contributed by atoms with Gasteiger partial charge in [-0.1, -0.05) is 0 Å². The van der Waals surface area contributed by atoms with Crippen molar-refractivity contribution < 1.29 is 4.74 Å². The average molecular weight is 284 g/mol. The highest BCUT2D eigenvalue weighted by Gasteiger charge is 2.07. The first kappa shape index (κ1) is 14.4. The van der Waals surface area contributed by atoms with E-state index in [0.29, 0.717) is 34.5 Å². The van der Waals surface area contributed by atoms with Crippen LogP contribution in [-0.2, 0) is 0 Å². The summed E-state index contributed by atoms with van der Waals surface area (Å²) in [6, 6.07) is 5.04. The zero-order chi connectivity index (χ0) is 15.2. The van der Waals surface area contributed by atoms with Gasteiger partial charge in [-0.15, -0.1) is 0 Å². The molecule has 7 heteroatoms. The largest absolute Gasteiger partial charge is 0.437 e. The summed E-state index contributed by atoms with van der Waals surface area (Å²) in [5.41, 5.74) is 6.83. The van der Waals surface area contributed by atoms with Crippen LogP contribution >= 0.6 is 0 Å². The van der Waals surface area contributed by atoms with Crippen LogP contribution in [0.4, 0.5) is 5.82 Å². The summed E-state index contributed by atoms with van der Waals surface area (Å²) in [4.78, 5) is 12.5. The monoisotopic (exact) mass is 284 g/mol. The molecule has 0 aromatic carbocycles. The van der Waals surface area contributed by atoms with Gasteiger partial charge >= 0.3 is 0 Å². The number of nitrogens with one attached hydrogen (secondary N) is 2. The van der Waals surface area contributed by atoms with Crippen LogP contribution in [0.5, 0.6) is 11.6 Å². The number of hydrogen-bond donors (Lipinski definition) is 3. The lowest BCUT2D eigenvalue weighted by molar-refractivity contribution is 0.455. The van der Waals surface area contributed by atoms with Crippen molar-refractivity contribution in [2.24, 2.45) is 0 Å². The van der Waals surface area contributed by atoms with E-state index in [9.17, 15) is 0 Å². The molecule has 0 atom stereocenters. The van der Waals surface area contributed by atoms with Crippen molar-refractivity contribution in [3.8, 4) is 11.6 Å². The number of aryl methyl sites for hydroxylation is 1. The van der Waals surface area contributed by atoms with Gasteiger partial charge < -0.3 is 21.2 Å². The van der Waals surface area contributed by atoms with E-state index in [1.807, 2.05) is 0 Å². The van der Waals surface area contributed by atoms with E-state index < -0.39 is 0 Å². The molecule has 0 saturated heterocycles. The molecule has 0 aliphatic rings. The number of nitrogens with zero attached hydrogens (tertiary/aromatic N) is 3. The van der Waals surface area contributed by atoms with E-state index in [1.165, 1.54) is 6.21 Å². The Bertz CT molecular complexity index is 683. The minimum absolute atomic E-state index is 0.374. The van der Waals surface area contributed by atoms with Crippen LogP contribution < -0.4 is 15.8 Å². The molecule has 0 amide bonds. The zero-order valence-corrected chi connectivity index (χ0v) is 11.8. The molecule has 0 unspecified atom stereocenters. The van der Waals surface area contributed by atoms with E-state index in [1.54, 1.807) is 44.6 Å². The third-order valence-corrected chi connectivity index (χ3v) is 2.62. The third-order valence-electron chi connectivity index (χ3n) is 2.62. The second-order valence-electron chi connectivity index (χ2n) is 4.17. The Balaban J connectivity index is 2.29. The molecule has 0 fully saturated rings. The van der Waals surface area contributed by atoms with Gasteiger partial charge in [0.2, 0.25) is 5.88 Å². The van der Waals surface area contributed by atoms with Crippen LogP contribution in [-0.4, -0.2) is 28.2 Å². The predicted molar refractivity (Wildman–Crippen MR) is 81.3 cm³/mol. The maximum atomic E-state index is 7.37. The van der Waals surface area contributed by atoms with Crippen molar-refractivity contribution in [1.29, 1.82) is 5.41 Å². The Kier molecular flexibility index (Phi) is 4.45. The van der Waals surface area contributed by atoms with Crippen LogP contribution in [0, 0.1) is 12.3 Å². The van der Waals surface area contributed by atoms with Crippen molar-refractivity contribution in [3.63, 3.8) is 0 Å². The standard InChI is InChI=1S/C14H16N6O/c1-9-11(3-4-12(16)19-9)21-13-5-6-18-14(20-13)10(7-15)8-17-2/h3-8,15,17H,1-2H3,(H2,16,19)/b10-8+,15-7?. The molecular formula is C14H16N6O. The number of nitrogen functional groups attached to an aromatic ring is 1. The lowest BCUT2D eigenvalue weighted by atomic mass is 10.3. The molecule has 0 spiro atoms. The van der Waals surface area contributed by atoms with E-state index in [-0.39, 0.29) is 0 Å². The molecule has 2 rings (SSSR count). The summed E-state index contributed by atoms with van der Waals surface area (Å²) in [5, 5.41) is 10.2. The zero-order valence-electron chi connectivity index (χ0n) is 11.8. The molecule has 108 valence electrons. The van der Waals surface area contributed by atoms with Crippen LogP contribution in [0.3, 0.4) is 0 Å². The van der Waals surface area contributed by atoms with Gasteiger partial charge in [0.15, 0.2) is 11.6 Å². The Morgan fingerprint density at radius 3 is 2.81 bits per heavy atom. The molecule has 7 nitrogen and oxygen atoms in total. The minimum atomic E-state index is 0.374. The van der Waals surface area contributed by atoms with Gasteiger partial charge in [0, 0.05) is 31.7 Å². The number of nitrogens with two attached hydrogens (primary N) is 1. The van der Waals surface area contributed by atoms with Gasteiger partial charge in [0.1, 0.15) is 5.82 Å². The van der Waals surface area contributed by atoms with Crippen molar-refractivity contribution in [2.45, 2.75) is 6.92 Å². The predicted octanol–water partition coefficient (Wildman–Crippen LogP) is 1.76. The smallest absolute Gasteiger partial charge is 0.222 e. The fourth-order valence-electron chi connectivity index (χ4n) is 1.65. The molecule has 4 N–H and O–H groups in total. The van der Waals surface area contributed by atoms with E-state index in [4.69, 9.17) is 15.9 Å². The summed E-state index contributed by atoms with van der Waals surface area (Å²) < 4.78 is 5.69. The summed E-state index contributed by atoms with van der Waals surface area (Å²) in [6.07, 6.45) is 4.39. The summed E-state index contributed by atoms with van der Waals surface area (Å²) in [7, 11) is 1.74. The molecule has 2 heterocycles. The van der Waals surface area contributed by atoms with Gasteiger partial charge in [0.25, 0.3) is 0 Å². The Morgan fingerprint density at radius 2 is 2.14 bits per heavy atom. The topological polar surface area (TPSA) is 110 Å². The van der Waals surface area contributed by atoms with E-state index >= 15 is 0 Å². The Labute approximate surface area is 122 Å². The number of hydrogen-bond acceptors (Lipinski definition) is 7. The molecule has 2 aromatic heterocycles. The molecule has 0 saturated carbocycles. The molecule has 2 aromatic rings. The highest BCUT2D eigenvalue weighted by molar-refractivity contribution is 6.06. The summed E-state index contributed by atoms with van der Waals surface area (Å²) in [6.45, 7) is 1.80. The molecule has 21 heavy (non-hydrogen) atoms. The number of ether oxygens (including phenoxy) is 1. The van der Waals surface area contributed by atoms with Crippen molar-refractivity contribution in [1.82, 2.24) is 20.3 Å². The normalized spacial score (nSPS) is 11.0. The van der Waals surface area contributed by atoms with Gasteiger partial charge in [-0.05, 0) is 19.1 Å². The lowest BCUT2D eigenvalue weighted by Crippen LogP contribution is -2.02. The van der Waals surface area contributed by atoms with Crippen molar-refractivity contribution >= 4 is 17.6 Å². The minimum Gasteiger partial charge on any atom is -0.437 e. The lowest BCUT2D eigenvalue weighted by Gasteiger charge is -2.08. The number of rotatable bonds is 5. The Hall–Kier alpha value is -2.96. The van der Waals surface area contributed by atoms with Gasteiger partial charge in [0.05, 0.1) is 11.3 Å². The second kappa shape index (κ2) is 6.47. The van der Waals surface area contributed by atoms with Gasteiger partial charge in [-0.3, -0.25) is 0 Å². The van der Waals surface area contributed by atoms with Crippen LogP contribution in [0.1, 0.15) is 11.5 Å². The number of anilines is 1. The van der Waals surface area contributed by atoms with Gasteiger partial charge in [-0.2, -0.15) is 4.98 Å². The fourth-order valence-corrected chi connectivity index (χ4v) is 1.65. The number of allylic oxidation sites excluding steroid dienone is 1.